The number of rotatable bonds is 5. The molecular weight excluding hydrogens is 460 g/mol. The molecule has 5 rings (SSSR count). The summed E-state index contributed by atoms with van der Waals surface area (Å²) in [5.41, 5.74) is 4.36. The molecule has 0 saturated carbocycles. The van der Waals surface area contributed by atoms with E-state index >= 15 is 0 Å². The Balaban J connectivity index is 0.00000218. The van der Waals surface area contributed by atoms with Gasteiger partial charge in [0.15, 0.2) is 5.82 Å². The van der Waals surface area contributed by atoms with Crippen LogP contribution >= 0.6 is 46.4 Å². The predicted molar refractivity (Wildman–Crippen MR) is 124 cm³/mol. The van der Waals surface area contributed by atoms with Crippen molar-refractivity contribution in [3.8, 4) is 10.4 Å². The van der Waals surface area contributed by atoms with E-state index in [-0.39, 0.29) is 18.3 Å². The summed E-state index contributed by atoms with van der Waals surface area (Å²) in [5, 5.41) is 7.91. The van der Waals surface area contributed by atoms with Gasteiger partial charge in [0.25, 0.3) is 11.8 Å². The molecule has 0 radical (unpaired) electrons. The second-order valence-corrected chi connectivity index (χ2v) is 9.31. The van der Waals surface area contributed by atoms with E-state index in [1.54, 1.807) is 29.6 Å². The molecule has 0 atom stereocenters. The number of hydrazine groups is 1. The maximum atomic E-state index is 12.4. The molecule has 0 bridgehead atoms. The van der Waals surface area contributed by atoms with Crippen molar-refractivity contribution in [1.29, 1.82) is 0 Å². The molecule has 0 unspecified atom stereocenters. The minimum absolute atomic E-state index is 0. The van der Waals surface area contributed by atoms with Gasteiger partial charge in [0.2, 0.25) is 0 Å². The molecule has 1 aliphatic rings. The second-order valence-electron chi connectivity index (χ2n) is 6.47. The molecule has 0 saturated heterocycles. The molecule has 6 nitrogen and oxygen atoms in total. The fourth-order valence-corrected chi connectivity index (χ4v) is 5.61. The Morgan fingerprint density at radius 1 is 1.07 bits per heavy atom. The van der Waals surface area contributed by atoms with Crippen molar-refractivity contribution in [2.24, 2.45) is 0 Å². The van der Waals surface area contributed by atoms with Crippen molar-refractivity contribution in [3.05, 3.63) is 62.8 Å². The van der Waals surface area contributed by atoms with Crippen molar-refractivity contribution < 1.29 is 9.59 Å². The molecule has 0 aliphatic carbocycles. The Bertz CT molecular complexity index is 1260. The van der Waals surface area contributed by atoms with Gasteiger partial charge in [-0.3, -0.25) is 15.0 Å². The second kappa shape index (κ2) is 8.27. The van der Waals surface area contributed by atoms with E-state index in [2.05, 4.69) is 5.43 Å². The number of amides is 2. The maximum Gasteiger partial charge on any atom is 0.275 e. The maximum absolute atomic E-state index is 12.4. The summed E-state index contributed by atoms with van der Waals surface area (Å²) in [4.78, 5) is 37.1. The fraction of sp³-hybridized carbons (Fsp3) is 0.100. The van der Waals surface area contributed by atoms with Crippen LogP contribution in [0.25, 0.3) is 20.7 Å². The van der Waals surface area contributed by atoms with Crippen molar-refractivity contribution in [3.63, 3.8) is 0 Å². The zero-order valence-electron chi connectivity index (χ0n) is 15.6. The van der Waals surface area contributed by atoms with Crippen LogP contribution < -0.4 is 5.43 Å². The number of hydrogen-bond acceptors (Lipinski definition) is 8. The monoisotopic (exact) mass is 474 g/mol. The lowest BCUT2D eigenvalue weighted by atomic mass is 10.2. The summed E-state index contributed by atoms with van der Waals surface area (Å²) in [6, 6.07) is 8.06. The Kier molecular flexibility index (Phi) is 5.70. The van der Waals surface area contributed by atoms with Crippen molar-refractivity contribution in [2.45, 2.75) is 13.3 Å². The zero-order chi connectivity index (χ0) is 20.0. The first-order valence-corrected chi connectivity index (χ1v) is 11.4. The normalized spacial score (nSPS) is 13.6. The average molecular weight is 475 g/mol. The van der Waals surface area contributed by atoms with E-state index in [1.807, 2.05) is 40.4 Å². The van der Waals surface area contributed by atoms with Crippen molar-refractivity contribution in [2.75, 3.05) is 5.43 Å². The number of halogens is 1. The predicted octanol–water partition coefficient (Wildman–Crippen LogP) is 5.14. The summed E-state index contributed by atoms with van der Waals surface area (Å²) in [6.45, 7) is 1.63. The third kappa shape index (κ3) is 3.65. The van der Waals surface area contributed by atoms with E-state index < -0.39 is 5.91 Å². The number of anilines is 1. The third-order valence-corrected chi connectivity index (χ3v) is 7.15. The van der Waals surface area contributed by atoms with Crippen molar-refractivity contribution >= 4 is 74.3 Å². The number of thiophene rings is 3. The van der Waals surface area contributed by atoms with E-state index in [0.717, 1.165) is 30.5 Å². The molecule has 1 N–H and O–H groups in total. The van der Waals surface area contributed by atoms with Gasteiger partial charge in [0.1, 0.15) is 10.7 Å². The Morgan fingerprint density at radius 3 is 2.53 bits per heavy atom. The molecule has 4 aromatic heterocycles. The zero-order valence-corrected chi connectivity index (χ0v) is 18.9. The Morgan fingerprint density at radius 2 is 1.87 bits per heavy atom. The van der Waals surface area contributed by atoms with Crippen LogP contribution in [0.5, 0.6) is 0 Å². The van der Waals surface area contributed by atoms with Crippen LogP contribution in [0, 0.1) is 0 Å². The highest BCUT2D eigenvalue weighted by atomic mass is 35.5. The van der Waals surface area contributed by atoms with Gasteiger partial charge in [-0.15, -0.1) is 46.4 Å². The van der Waals surface area contributed by atoms with Crippen molar-refractivity contribution in [1.82, 2.24) is 15.0 Å². The van der Waals surface area contributed by atoms with E-state index in [0.29, 0.717) is 23.6 Å². The number of carbonyl (C=O) groups is 2. The van der Waals surface area contributed by atoms with Crippen LogP contribution in [0.3, 0.4) is 0 Å². The molecule has 30 heavy (non-hydrogen) atoms. The van der Waals surface area contributed by atoms with E-state index in [1.165, 1.54) is 17.4 Å². The first-order chi connectivity index (χ1) is 14.1. The molecule has 4 aromatic rings. The van der Waals surface area contributed by atoms with Gasteiger partial charge in [-0.2, -0.15) is 5.01 Å². The molecule has 2 amide bonds. The number of nitrogens with zero attached hydrogens (tertiary/aromatic N) is 3. The molecule has 10 heteroatoms. The lowest BCUT2D eigenvalue weighted by Gasteiger charge is -2.18. The summed E-state index contributed by atoms with van der Waals surface area (Å²) in [5.74, 6) is 0.350. The Labute approximate surface area is 190 Å². The largest absolute Gasteiger partial charge is 0.275 e. The number of imide groups is 1. The first-order valence-electron chi connectivity index (χ1n) is 8.78. The molecule has 0 aromatic carbocycles. The fourth-order valence-electron chi connectivity index (χ4n) is 3.13. The molecule has 0 fully saturated rings. The summed E-state index contributed by atoms with van der Waals surface area (Å²) in [7, 11) is 0. The van der Waals surface area contributed by atoms with Crippen LogP contribution in [-0.4, -0.2) is 26.8 Å². The standard InChI is InChI=1S/C20H14N4O2S3.ClH/c1-11-8-16(25)24(20(11)26)23-18-17-13(14-5-3-7-28-14)10-29-19(17)22-15(21-18)9-12-4-2-6-27-12;/h2-8,10H,9H2,1H3,(H,21,22,23);1H. The van der Waals surface area contributed by atoms with Gasteiger partial charge in [0.05, 0.1) is 5.39 Å². The summed E-state index contributed by atoms with van der Waals surface area (Å²) in [6.07, 6.45) is 1.92. The summed E-state index contributed by atoms with van der Waals surface area (Å²) < 4.78 is 0. The number of carbonyl (C=O) groups excluding carboxylic acids is 2. The van der Waals surface area contributed by atoms with E-state index in [9.17, 15) is 9.59 Å². The smallest absolute Gasteiger partial charge is 0.271 e. The quantitative estimate of drug-likeness (QED) is 0.405. The first kappa shape index (κ1) is 20.7. The lowest BCUT2D eigenvalue weighted by Crippen LogP contribution is -2.36. The minimum atomic E-state index is -0.396. The average Bonchev–Trinajstić information content (AvgIpc) is 3.47. The highest BCUT2D eigenvalue weighted by molar-refractivity contribution is 7.18. The van der Waals surface area contributed by atoms with Gasteiger partial charge in [0, 0.05) is 38.8 Å². The highest BCUT2D eigenvalue weighted by Crippen LogP contribution is 2.39. The van der Waals surface area contributed by atoms with Crippen LogP contribution in [-0.2, 0) is 16.0 Å². The van der Waals surface area contributed by atoms with Gasteiger partial charge >= 0.3 is 0 Å². The summed E-state index contributed by atoms with van der Waals surface area (Å²) >= 11 is 4.80. The van der Waals surface area contributed by atoms with Crippen LogP contribution in [0.4, 0.5) is 5.82 Å². The van der Waals surface area contributed by atoms with Gasteiger partial charge in [-0.05, 0) is 29.8 Å². The molecule has 0 spiro atoms. The molecule has 5 heterocycles. The number of aromatic nitrogens is 2. The number of fused-ring (bicyclic) bond motifs is 1. The van der Waals surface area contributed by atoms with Gasteiger partial charge in [-0.1, -0.05) is 12.1 Å². The van der Waals surface area contributed by atoms with Gasteiger partial charge in [-0.25, -0.2) is 9.97 Å². The number of hydrogen-bond donors (Lipinski definition) is 1. The van der Waals surface area contributed by atoms with Crippen LogP contribution in [0.1, 0.15) is 17.6 Å². The van der Waals surface area contributed by atoms with Gasteiger partial charge < -0.3 is 0 Å². The minimum Gasteiger partial charge on any atom is -0.271 e. The number of nitrogens with one attached hydrogen (secondary N) is 1. The highest BCUT2D eigenvalue weighted by Gasteiger charge is 2.30. The molecule has 1 aliphatic heterocycles. The SMILES string of the molecule is CC1=CC(=O)N(Nc2nc(Cc3cccs3)nc3scc(-c4cccs4)c23)C1=O.Cl. The van der Waals surface area contributed by atoms with E-state index in [4.69, 9.17) is 9.97 Å². The lowest BCUT2D eigenvalue weighted by molar-refractivity contribution is -0.135. The third-order valence-electron chi connectivity index (χ3n) is 4.50. The van der Waals surface area contributed by atoms with Crippen LogP contribution in [0.15, 0.2) is 52.1 Å². The van der Waals surface area contributed by atoms with Crippen LogP contribution in [0.2, 0.25) is 0 Å². The molecule has 152 valence electrons. The Hall–Kier alpha value is -2.59. The topological polar surface area (TPSA) is 75.2 Å². The molecular formula is C20H15ClN4O2S3.